The van der Waals surface area contributed by atoms with Crippen LogP contribution in [0.3, 0.4) is 0 Å². The molecule has 0 atom stereocenters. The summed E-state index contributed by atoms with van der Waals surface area (Å²) >= 11 is 13.7. The normalized spacial score (nSPS) is 18.2. The van der Waals surface area contributed by atoms with Gasteiger partial charge in [0.2, 0.25) is 0 Å². The first kappa shape index (κ1) is 23.7. The first-order chi connectivity index (χ1) is 17.6. The van der Waals surface area contributed by atoms with Crippen LogP contribution >= 0.6 is 23.2 Å². The van der Waals surface area contributed by atoms with Gasteiger partial charge in [0.15, 0.2) is 5.65 Å². The van der Waals surface area contributed by atoms with E-state index in [4.69, 9.17) is 28.2 Å². The first-order valence-electron chi connectivity index (χ1n) is 12.5. The van der Waals surface area contributed by atoms with Gasteiger partial charge in [-0.2, -0.15) is 0 Å². The van der Waals surface area contributed by atoms with Crippen molar-refractivity contribution in [3.63, 3.8) is 0 Å². The lowest BCUT2D eigenvalue weighted by Crippen LogP contribution is -2.53. The summed E-state index contributed by atoms with van der Waals surface area (Å²) in [5.41, 5.74) is 6.16. The van der Waals surface area contributed by atoms with Crippen LogP contribution in [0.5, 0.6) is 0 Å². The molecule has 2 fully saturated rings. The molecule has 4 aromatic rings. The van der Waals surface area contributed by atoms with Gasteiger partial charge in [-0.05, 0) is 56.7 Å². The zero-order chi connectivity index (χ0) is 24.6. The highest BCUT2D eigenvalue weighted by Crippen LogP contribution is 2.39. The van der Waals surface area contributed by atoms with Crippen LogP contribution in [0.4, 0.5) is 5.69 Å². The van der Waals surface area contributed by atoms with Crippen LogP contribution in [0, 0.1) is 6.07 Å². The van der Waals surface area contributed by atoms with Gasteiger partial charge in [0.25, 0.3) is 0 Å². The van der Waals surface area contributed by atoms with E-state index in [1.54, 1.807) is 6.20 Å². The van der Waals surface area contributed by atoms with Crippen LogP contribution in [0.1, 0.15) is 12.8 Å². The Hall–Kier alpha value is -2.64. The molecule has 185 valence electrons. The Morgan fingerprint density at radius 3 is 2.33 bits per heavy atom. The Morgan fingerprint density at radius 1 is 0.944 bits per heavy atom. The Bertz CT molecular complexity index is 1330. The monoisotopic (exact) mass is 519 g/mol. The van der Waals surface area contributed by atoms with Gasteiger partial charge in [-0.25, -0.2) is 9.97 Å². The van der Waals surface area contributed by atoms with E-state index in [2.05, 4.69) is 37.8 Å². The van der Waals surface area contributed by atoms with Gasteiger partial charge < -0.3 is 14.8 Å². The number of nitrogens with zero attached hydrogens (tertiary/aromatic N) is 5. The van der Waals surface area contributed by atoms with Gasteiger partial charge in [-0.3, -0.25) is 4.90 Å². The number of aromatic nitrogens is 3. The van der Waals surface area contributed by atoms with E-state index in [0.29, 0.717) is 16.1 Å². The van der Waals surface area contributed by atoms with Crippen molar-refractivity contribution < 1.29 is 0 Å². The molecule has 2 aromatic heterocycles. The lowest BCUT2D eigenvalue weighted by molar-refractivity contribution is 0.115. The van der Waals surface area contributed by atoms with Gasteiger partial charge in [0.1, 0.15) is 5.52 Å². The number of piperazine rings is 1. The molecule has 0 amide bonds. The summed E-state index contributed by atoms with van der Waals surface area (Å²) in [4.78, 5) is 20.1. The quantitative estimate of drug-likeness (QED) is 0.379. The largest absolute Gasteiger partial charge is 0.367 e. The summed E-state index contributed by atoms with van der Waals surface area (Å²) in [6.07, 6.45) is 6.22. The number of nitrogens with one attached hydrogen (secondary N) is 1. The van der Waals surface area contributed by atoms with Crippen molar-refractivity contribution in [1.29, 1.82) is 0 Å². The van der Waals surface area contributed by atoms with Gasteiger partial charge in [-0.1, -0.05) is 47.5 Å². The van der Waals surface area contributed by atoms with Crippen LogP contribution in [0.2, 0.25) is 10.0 Å². The van der Waals surface area contributed by atoms with Crippen molar-refractivity contribution in [1.82, 2.24) is 24.8 Å². The topological polar surface area (TPSA) is 51.3 Å². The molecular formula is C28H29Cl2N6. The minimum Gasteiger partial charge on any atom is -0.367 e. The highest BCUT2D eigenvalue weighted by Gasteiger charge is 2.28. The molecule has 1 radical (unpaired) electrons. The molecule has 6 nitrogen and oxygen atoms in total. The molecule has 2 aromatic carbocycles. The van der Waals surface area contributed by atoms with Crippen molar-refractivity contribution >= 4 is 40.1 Å². The molecule has 0 spiro atoms. The number of anilines is 1. The van der Waals surface area contributed by atoms with Crippen molar-refractivity contribution in [3.05, 3.63) is 64.9 Å². The van der Waals surface area contributed by atoms with E-state index in [1.807, 2.05) is 42.6 Å². The number of benzene rings is 2. The molecule has 0 bridgehead atoms. The average molecular weight is 520 g/mol. The van der Waals surface area contributed by atoms with E-state index in [0.717, 1.165) is 65.4 Å². The highest BCUT2D eigenvalue weighted by molar-refractivity contribution is 6.39. The summed E-state index contributed by atoms with van der Waals surface area (Å²) in [5, 5.41) is 1.31. The molecule has 36 heavy (non-hydrogen) atoms. The second kappa shape index (κ2) is 10.0. The maximum atomic E-state index is 6.84. The third kappa shape index (κ3) is 4.59. The minimum absolute atomic E-state index is 0.653. The van der Waals surface area contributed by atoms with E-state index >= 15 is 0 Å². The fraction of sp³-hybridized carbons (Fsp3) is 0.357. The predicted octanol–water partition coefficient (Wildman–Crippen LogP) is 5.62. The molecule has 6 rings (SSSR count). The summed E-state index contributed by atoms with van der Waals surface area (Å²) in [5.74, 6) is 0. The molecule has 0 saturated carbocycles. The lowest BCUT2D eigenvalue weighted by Gasteiger charge is -2.43. The van der Waals surface area contributed by atoms with E-state index in [1.165, 1.54) is 25.9 Å². The molecule has 2 aliphatic heterocycles. The highest BCUT2D eigenvalue weighted by atomic mass is 35.5. The zero-order valence-corrected chi connectivity index (χ0v) is 21.9. The number of hydrogen-bond acceptors (Lipinski definition) is 5. The van der Waals surface area contributed by atoms with Crippen molar-refractivity contribution in [2.24, 2.45) is 0 Å². The number of H-pyrrole nitrogens is 1. The zero-order valence-electron chi connectivity index (χ0n) is 20.3. The maximum Gasteiger partial charge on any atom is 0.156 e. The van der Waals surface area contributed by atoms with Gasteiger partial charge in [-0.15, -0.1) is 0 Å². The van der Waals surface area contributed by atoms with Crippen molar-refractivity contribution in [3.8, 4) is 22.4 Å². The van der Waals surface area contributed by atoms with Crippen molar-refractivity contribution in [2.75, 3.05) is 51.2 Å². The smallest absolute Gasteiger partial charge is 0.156 e. The fourth-order valence-corrected chi connectivity index (χ4v) is 6.23. The molecule has 0 unspecified atom stereocenters. The van der Waals surface area contributed by atoms with Gasteiger partial charge >= 0.3 is 0 Å². The number of aromatic amines is 1. The molecule has 2 aliphatic rings. The predicted molar refractivity (Wildman–Crippen MR) is 148 cm³/mol. The van der Waals surface area contributed by atoms with Crippen LogP contribution in [-0.2, 0) is 0 Å². The van der Waals surface area contributed by atoms with Gasteiger partial charge in [0.05, 0.1) is 27.6 Å². The number of halogens is 2. The summed E-state index contributed by atoms with van der Waals surface area (Å²) in [7, 11) is 2.21. The average Bonchev–Trinajstić information content (AvgIpc) is 3.33. The summed E-state index contributed by atoms with van der Waals surface area (Å²) in [6, 6.07) is 15.5. The summed E-state index contributed by atoms with van der Waals surface area (Å²) in [6.45, 7) is 6.31. The molecule has 0 aliphatic carbocycles. The second-order valence-corrected chi connectivity index (χ2v) is 10.6. The molecular weight excluding hydrogens is 491 g/mol. The third-order valence-corrected chi connectivity index (χ3v) is 8.13. The SMILES string of the molecule is CN1CCC(N2CCN(c3c(Cl)cc(-c4cnc5[nH]cc(-c6cc[c]cc6)c5n4)cc3Cl)CC2)CC1. The number of rotatable bonds is 4. The Balaban J connectivity index is 1.23. The Kier molecular flexibility index (Phi) is 6.61. The van der Waals surface area contributed by atoms with E-state index < -0.39 is 0 Å². The molecule has 2 saturated heterocycles. The number of likely N-dealkylation sites (tertiary alicyclic amines) is 1. The first-order valence-corrected chi connectivity index (χ1v) is 13.3. The Labute approximate surface area is 221 Å². The van der Waals surface area contributed by atoms with Crippen molar-refractivity contribution in [2.45, 2.75) is 18.9 Å². The standard InChI is InChI=1S/C28H29Cl2N6/c1-34-9-7-21(8-10-34)35-11-13-36(14-12-35)27-23(29)15-20(16-24(27)30)25-18-32-28-26(33-25)22(17-31-28)19-5-3-2-4-6-19/h3-6,15-18,21H,7-14H2,1H3,(H,31,32). The van der Waals surface area contributed by atoms with Crippen LogP contribution in [0.15, 0.2) is 48.8 Å². The van der Waals surface area contributed by atoms with E-state index in [-0.39, 0.29) is 0 Å². The maximum absolute atomic E-state index is 6.84. The molecule has 4 heterocycles. The lowest BCUT2D eigenvalue weighted by atomic mass is 10.0. The number of piperidine rings is 1. The minimum atomic E-state index is 0.653. The van der Waals surface area contributed by atoms with Crippen LogP contribution in [0.25, 0.3) is 33.5 Å². The second-order valence-electron chi connectivity index (χ2n) is 9.79. The van der Waals surface area contributed by atoms with E-state index in [9.17, 15) is 0 Å². The Morgan fingerprint density at radius 2 is 1.64 bits per heavy atom. The number of hydrogen-bond donors (Lipinski definition) is 1. The number of fused-ring (bicyclic) bond motifs is 1. The fourth-order valence-electron chi connectivity index (χ4n) is 5.50. The van der Waals surface area contributed by atoms with Gasteiger partial charge in [0, 0.05) is 49.5 Å². The summed E-state index contributed by atoms with van der Waals surface area (Å²) < 4.78 is 0. The third-order valence-electron chi connectivity index (χ3n) is 7.56. The molecule has 8 heteroatoms. The van der Waals surface area contributed by atoms with Crippen LogP contribution < -0.4 is 4.90 Å². The molecule has 1 N–H and O–H groups in total. The van der Waals surface area contributed by atoms with Crippen LogP contribution in [-0.4, -0.2) is 77.1 Å².